The Hall–Kier alpha value is -1.55. The molecule has 4 heteroatoms. The molecule has 0 aliphatic rings. The summed E-state index contributed by atoms with van der Waals surface area (Å²) < 4.78 is 3.23. The lowest BCUT2D eigenvalue weighted by atomic mass is 10.1. The lowest BCUT2D eigenvalue weighted by Crippen LogP contribution is -2.27. The molecule has 0 bridgehead atoms. The number of amides is 1. The highest BCUT2D eigenvalue weighted by Gasteiger charge is 2.18. The fourth-order valence-electron chi connectivity index (χ4n) is 2.91. The molecule has 1 amide bonds. The van der Waals surface area contributed by atoms with Gasteiger partial charge in [-0.3, -0.25) is 4.79 Å². The Balaban J connectivity index is 2.19. The number of rotatable bonds is 4. The Kier molecular flexibility index (Phi) is 5.12. The van der Waals surface area contributed by atoms with E-state index in [1.807, 2.05) is 51.1 Å². The van der Waals surface area contributed by atoms with Crippen LogP contribution in [-0.4, -0.2) is 10.5 Å². The van der Waals surface area contributed by atoms with E-state index >= 15 is 0 Å². The van der Waals surface area contributed by atoms with E-state index in [9.17, 15) is 4.79 Å². The minimum Gasteiger partial charge on any atom is -0.346 e. The normalized spacial score (nSPS) is 12.5. The number of hydrogen-bond donors (Lipinski definition) is 1. The van der Waals surface area contributed by atoms with Gasteiger partial charge in [0.05, 0.1) is 11.6 Å². The van der Waals surface area contributed by atoms with E-state index in [-0.39, 0.29) is 11.9 Å². The molecule has 1 unspecified atom stereocenters. The van der Waals surface area contributed by atoms with E-state index < -0.39 is 0 Å². The topological polar surface area (TPSA) is 34.0 Å². The molecule has 1 atom stereocenters. The van der Waals surface area contributed by atoms with Gasteiger partial charge in [0.1, 0.15) is 0 Å². The van der Waals surface area contributed by atoms with Crippen molar-refractivity contribution in [1.82, 2.24) is 9.88 Å². The summed E-state index contributed by atoms with van der Waals surface area (Å²) in [5.74, 6) is -0.0181. The second kappa shape index (κ2) is 6.69. The molecule has 0 aliphatic heterocycles. The number of aryl methyl sites for hydroxylation is 1. The summed E-state index contributed by atoms with van der Waals surface area (Å²) in [6, 6.07) is 10.3. The van der Waals surface area contributed by atoms with E-state index in [0.29, 0.717) is 6.04 Å². The van der Waals surface area contributed by atoms with E-state index in [2.05, 4.69) is 39.7 Å². The van der Waals surface area contributed by atoms with Gasteiger partial charge >= 0.3 is 0 Å². The zero-order valence-corrected chi connectivity index (χ0v) is 15.4. The highest BCUT2D eigenvalue weighted by molar-refractivity contribution is 9.10. The minimum absolute atomic E-state index is 0.0181. The molecule has 1 heterocycles. The van der Waals surface area contributed by atoms with Gasteiger partial charge in [-0.05, 0) is 58.4 Å². The average molecular weight is 363 g/mol. The average Bonchev–Trinajstić information content (AvgIpc) is 2.74. The first-order valence-corrected chi connectivity index (χ1v) is 8.35. The van der Waals surface area contributed by atoms with Crippen LogP contribution in [0.1, 0.15) is 60.2 Å². The molecule has 0 saturated heterocycles. The maximum absolute atomic E-state index is 12.6. The number of hydrogen-bond acceptors (Lipinski definition) is 1. The van der Waals surface area contributed by atoms with Crippen molar-refractivity contribution in [3.05, 3.63) is 57.3 Å². The first kappa shape index (κ1) is 16.8. The van der Waals surface area contributed by atoms with Crippen LogP contribution in [0.4, 0.5) is 0 Å². The van der Waals surface area contributed by atoms with Crippen LogP contribution < -0.4 is 5.32 Å². The first-order chi connectivity index (χ1) is 10.3. The SMILES string of the molecule is Cc1cc(C(=O)NC(C)c2ccc(Br)cc2)c(C)n1C(C)C. The van der Waals surface area contributed by atoms with Crippen LogP contribution in [0.15, 0.2) is 34.8 Å². The van der Waals surface area contributed by atoms with E-state index in [0.717, 1.165) is 27.0 Å². The Morgan fingerprint density at radius 2 is 1.73 bits per heavy atom. The summed E-state index contributed by atoms with van der Waals surface area (Å²) in [7, 11) is 0. The molecule has 118 valence electrons. The number of benzene rings is 1. The van der Waals surface area contributed by atoms with Crippen molar-refractivity contribution < 1.29 is 4.79 Å². The largest absolute Gasteiger partial charge is 0.346 e. The number of aromatic nitrogens is 1. The van der Waals surface area contributed by atoms with Gasteiger partial charge in [0, 0.05) is 21.9 Å². The number of nitrogens with one attached hydrogen (secondary N) is 1. The number of halogens is 1. The zero-order chi connectivity index (χ0) is 16.4. The van der Waals surface area contributed by atoms with Gasteiger partial charge < -0.3 is 9.88 Å². The number of nitrogens with zero attached hydrogens (tertiary/aromatic N) is 1. The first-order valence-electron chi connectivity index (χ1n) is 7.56. The molecule has 1 aromatic carbocycles. The summed E-state index contributed by atoms with van der Waals surface area (Å²) in [5.41, 5.74) is 3.99. The standard InChI is InChI=1S/C18H23BrN2O/c1-11(2)21-12(3)10-17(14(21)5)18(22)20-13(4)15-6-8-16(19)9-7-15/h6-11,13H,1-5H3,(H,20,22). The summed E-state index contributed by atoms with van der Waals surface area (Å²) in [5, 5.41) is 3.08. The molecule has 0 saturated carbocycles. The van der Waals surface area contributed by atoms with Gasteiger partial charge in [-0.2, -0.15) is 0 Å². The summed E-state index contributed by atoms with van der Waals surface area (Å²) in [6.07, 6.45) is 0. The van der Waals surface area contributed by atoms with Gasteiger partial charge in [0.25, 0.3) is 5.91 Å². The van der Waals surface area contributed by atoms with Crippen molar-refractivity contribution in [3.8, 4) is 0 Å². The highest BCUT2D eigenvalue weighted by Crippen LogP contribution is 2.22. The summed E-state index contributed by atoms with van der Waals surface area (Å²) in [4.78, 5) is 12.6. The van der Waals surface area contributed by atoms with Crippen LogP contribution in [0.5, 0.6) is 0 Å². The van der Waals surface area contributed by atoms with Crippen molar-refractivity contribution in [1.29, 1.82) is 0 Å². The fraction of sp³-hybridized carbons (Fsp3) is 0.389. The van der Waals surface area contributed by atoms with E-state index in [4.69, 9.17) is 0 Å². The van der Waals surface area contributed by atoms with Crippen LogP contribution >= 0.6 is 15.9 Å². The summed E-state index contributed by atoms with van der Waals surface area (Å²) in [6.45, 7) is 10.3. The lowest BCUT2D eigenvalue weighted by Gasteiger charge is -2.16. The second-order valence-corrected chi connectivity index (χ2v) is 6.91. The quantitative estimate of drug-likeness (QED) is 0.820. The van der Waals surface area contributed by atoms with Gasteiger partial charge in [-0.25, -0.2) is 0 Å². The molecule has 0 fully saturated rings. The van der Waals surface area contributed by atoms with Crippen LogP contribution in [0.2, 0.25) is 0 Å². The lowest BCUT2D eigenvalue weighted by molar-refractivity contribution is 0.0939. The molecule has 22 heavy (non-hydrogen) atoms. The third-order valence-corrected chi connectivity index (χ3v) is 4.49. The number of carbonyl (C=O) groups is 1. The third kappa shape index (κ3) is 3.43. The van der Waals surface area contributed by atoms with Gasteiger partial charge in [0.2, 0.25) is 0 Å². The molecule has 1 aromatic heterocycles. The van der Waals surface area contributed by atoms with Crippen LogP contribution in [0.3, 0.4) is 0 Å². The molecule has 2 aromatic rings. The van der Waals surface area contributed by atoms with Crippen LogP contribution in [-0.2, 0) is 0 Å². The Labute approximate surface area is 140 Å². The zero-order valence-electron chi connectivity index (χ0n) is 13.8. The van der Waals surface area contributed by atoms with Crippen molar-refractivity contribution in [3.63, 3.8) is 0 Å². The Bertz CT molecular complexity index is 671. The van der Waals surface area contributed by atoms with Crippen molar-refractivity contribution in [2.75, 3.05) is 0 Å². The van der Waals surface area contributed by atoms with Gasteiger partial charge in [0.15, 0.2) is 0 Å². The van der Waals surface area contributed by atoms with E-state index in [1.165, 1.54) is 0 Å². The molecule has 3 nitrogen and oxygen atoms in total. The molecule has 0 spiro atoms. The van der Waals surface area contributed by atoms with Crippen molar-refractivity contribution in [2.45, 2.75) is 46.7 Å². The Morgan fingerprint density at radius 1 is 1.14 bits per heavy atom. The molecular formula is C18H23BrN2O. The second-order valence-electron chi connectivity index (χ2n) is 6.00. The predicted octanol–water partition coefficient (Wildman–Crippen LogP) is 4.94. The van der Waals surface area contributed by atoms with Crippen LogP contribution in [0.25, 0.3) is 0 Å². The summed E-state index contributed by atoms with van der Waals surface area (Å²) >= 11 is 3.43. The van der Waals surface area contributed by atoms with E-state index in [1.54, 1.807) is 0 Å². The van der Waals surface area contributed by atoms with Crippen molar-refractivity contribution >= 4 is 21.8 Å². The molecular weight excluding hydrogens is 340 g/mol. The molecule has 0 radical (unpaired) electrons. The maximum atomic E-state index is 12.6. The smallest absolute Gasteiger partial charge is 0.253 e. The van der Waals surface area contributed by atoms with Gasteiger partial charge in [-0.15, -0.1) is 0 Å². The predicted molar refractivity (Wildman–Crippen MR) is 94.3 cm³/mol. The van der Waals surface area contributed by atoms with Crippen molar-refractivity contribution in [2.24, 2.45) is 0 Å². The fourth-order valence-corrected chi connectivity index (χ4v) is 3.18. The minimum atomic E-state index is -0.0253. The maximum Gasteiger partial charge on any atom is 0.253 e. The molecule has 2 rings (SSSR count). The van der Waals surface area contributed by atoms with Gasteiger partial charge in [-0.1, -0.05) is 28.1 Å². The molecule has 0 aliphatic carbocycles. The highest BCUT2D eigenvalue weighted by atomic mass is 79.9. The Morgan fingerprint density at radius 3 is 2.23 bits per heavy atom. The number of carbonyl (C=O) groups excluding carboxylic acids is 1. The third-order valence-electron chi connectivity index (χ3n) is 3.96. The monoisotopic (exact) mass is 362 g/mol. The molecule has 1 N–H and O–H groups in total. The van der Waals surface area contributed by atoms with Crippen LogP contribution in [0, 0.1) is 13.8 Å².